The van der Waals surface area contributed by atoms with Crippen molar-refractivity contribution in [3.8, 4) is 11.5 Å². The summed E-state index contributed by atoms with van der Waals surface area (Å²) in [5.41, 5.74) is 0.294. The molecule has 5 heterocycles. The van der Waals surface area contributed by atoms with Crippen molar-refractivity contribution in [1.29, 1.82) is 0 Å². The second kappa shape index (κ2) is 5.92. The summed E-state index contributed by atoms with van der Waals surface area (Å²) >= 11 is 0. The van der Waals surface area contributed by atoms with E-state index in [2.05, 4.69) is 15.4 Å². The van der Waals surface area contributed by atoms with Crippen molar-refractivity contribution in [2.75, 3.05) is 19.9 Å². The highest BCUT2D eigenvalue weighted by atomic mass is 32.2. The van der Waals surface area contributed by atoms with Crippen molar-refractivity contribution in [1.82, 2.24) is 24.6 Å². The monoisotopic (exact) mass is 417 g/mol. The Morgan fingerprint density at radius 3 is 2.52 bits per heavy atom. The van der Waals surface area contributed by atoms with Gasteiger partial charge in [0.15, 0.2) is 17.2 Å². The van der Waals surface area contributed by atoms with Gasteiger partial charge in [-0.25, -0.2) is 8.42 Å². The van der Waals surface area contributed by atoms with Gasteiger partial charge in [-0.2, -0.15) is 19.7 Å². The van der Waals surface area contributed by atoms with E-state index < -0.39 is 10.0 Å². The highest BCUT2D eigenvalue weighted by Crippen LogP contribution is 2.52. The number of H-pyrrole nitrogens is 1. The number of nitrogens with zero attached hydrogens (tertiary/aromatic N) is 4. The van der Waals surface area contributed by atoms with Crippen LogP contribution in [0.2, 0.25) is 0 Å². The summed E-state index contributed by atoms with van der Waals surface area (Å²) in [6.45, 7) is 1.20. The minimum absolute atomic E-state index is 0.0875. The minimum atomic E-state index is -3.65. The third-order valence-corrected chi connectivity index (χ3v) is 8.60. The van der Waals surface area contributed by atoms with Crippen molar-refractivity contribution in [3.63, 3.8) is 0 Å². The Kier molecular flexibility index (Phi) is 3.52. The van der Waals surface area contributed by atoms with Gasteiger partial charge in [-0.1, -0.05) is 0 Å². The quantitative estimate of drug-likeness (QED) is 0.771. The molecule has 29 heavy (non-hydrogen) atoms. The highest BCUT2D eigenvalue weighted by Gasteiger charge is 2.60. The maximum atomic E-state index is 13.5. The number of rotatable bonds is 3. The van der Waals surface area contributed by atoms with E-state index in [0.29, 0.717) is 30.3 Å². The summed E-state index contributed by atoms with van der Waals surface area (Å²) in [5, 5.41) is 10.0. The van der Waals surface area contributed by atoms with Crippen LogP contribution in [0.5, 0.6) is 11.5 Å². The predicted octanol–water partition coefficient (Wildman–Crippen LogP) is 0.457. The Bertz CT molecular complexity index is 1070. The van der Waals surface area contributed by atoms with Crippen molar-refractivity contribution in [3.05, 3.63) is 30.1 Å². The number of nitrogens with one attached hydrogen (secondary N) is 1. The number of aromatic nitrogens is 3. The van der Waals surface area contributed by atoms with Crippen molar-refractivity contribution >= 4 is 15.9 Å². The fraction of sp³-hybridized carbons (Fsp3) is 0.500. The molecule has 3 fully saturated rings. The Morgan fingerprint density at radius 2 is 1.83 bits per heavy atom. The first-order valence-corrected chi connectivity index (χ1v) is 11.1. The second-order valence-electron chi connectivity index (χ2n) is 7.96. The van der Waals surface area contributed by atoms with E-state index >= 15 is 0 Å². The number of aromatic amines is 1. The first kappa shape index (κ1) is 17.2. The number of benzene rings is 1. The summed E-state index contributed by atoms with van der Waals surface area (Å²) in [5.74, 6) is 1.16. The summed E-state index contributed by atoms with van der Waals surface area (Å²) in [4.78, 5) is 14.6. The molecule has 4 aliphatic rings. The van der Waals surface area contributed by atoms with Gasteiger partial charge in [-0.05, 0) is 36.8 Å². The lowest BCUT2D eigenvalue weighted by atomic mass is 9.82. The molecule has 4 aliphatic heterocycles. The smallest absolute Gasteiger partial charge is 0.276 e. The SMILES string of the molecule is O=C(c1cn[nH]n1)N1C[C@@H]2[C@H](C1)[C@H]1CC[C@@H]2N1S(=O)(=O)c1ccc2c(c1)OCO2. The molecule has 2 aromatic rings. The first-order valence-electron chi connectivity index (χ1n) is 9.62. The zero-order valence-electron chi connectivity index (χ0n) is 15.4. The van der Waals surface area contributed by atoms with Crippen LogP contribution in [0.4, 0.5) is 0 Å². The molecule has 4 atom stereocenters. The third kappa shape index (κ3) is 2.37. The maximum absolute atomic E-state index is 13.5. The third-order valence-electron chi connectivity index (χ3n) is 6.65. The van der Waals surface area contributed by atoms with Crippen LogP contribution in [0.25, 0.3) is 0 Å². The fourth-order valence-electron chi connectivity index (χ4n) is 5.46. The number of amides is 1. The number of carbonyl (C=O) groups excluding carboxylic acids is 1. The lowest BCUT2D eigenvalue weighted by Gasteiger charge is -2.26. The second-order valence-corrected chi connectivity index (χ2v) is 9.80. The topological polar surface area (TPSA) is 118 Å². The molecule has 11 heteroatoms. The number of sulfonamides is 1. The number of fused-ring (bicyclic) bond motifs is 6. The number of carbonyl (C=O) groups is 1. The summed E-state index contributed by atoms with van der Waals surface area (Å²) < 4.78 is 39.2. The van der Waals surface area contributed by atoms with Crippen LogP contribution in [-0.4, -0.2) is 70.9 Å². The molecule has 0 unspecified atom stereocenters. The molecule has 6 rings (SSSR count). The van der Waals surface area contributed by atoms with Crippen LogP contribution >= 0.6 is 0 Å². The molecule has 0 aliphatic carbocycles. The average molecular weight is 417 g/mol. The van der Waals surface area contributed by atoms with Gasteiger partial charge >= 0.3 is 0 Å². The van der Waals surface area contributed by atoms with E-state index in [9.17, 15) is 13.2 Å². The fourth-order valence-corrected chi connectivity index (χ4v) is 7.44. The molecule has 2 bridgehead atoms. The van der Waals surface area contributed by atoms with E-state index in [1.807, 2.05) is 0 Å². The van der Waals surface area contributed by atoms with E-state index in [0.717, 1.165) is 12.8 Å². The lowest BCUT2D eigenvalue weighted by Crippen LogP contribution is -2.41. The average Bonchev–Trinajstić information content (AvgIpc) is 3.53. The minimum Gasteiger partial charge on any atom is -0.454 e. The molecule has 1 amide bonds. The molecule has 1 N–H and O–H groups in total. The number of hydrogen-bond acceptors (Lipinski definition) is 7. The van der Waals surface area contributed by atoms with Gasteiger partial charge in [0, 0.05) is 31.2 Å². The standard InChI is InChI=1S/C18H19N5O5S/c24-18(13-6-19-21-20-13)22-7-11-12(8-22)15-3-2-14(11)23(15)29(25,26)10-1-4-16-17(5-10)28-9-27-16/h1,4-6,11-12,14-15H,2-3,7-9H2,(H,19,20,21)/t11-,12+,14+,15-. The first-order chi connectivity index (χ1) is 14.0. The molecular formula is C18H19N5O5S. The lowest BCUT2D eigenvalue weighted by molar-refractivity contribution is 0.0767. The molecule has 0 spiro atoms. The van der Waals surface area contributed by atoms with E-state index in [1.54, 1.807) is 27.4 Å². The van der Waals surface area contributed by atoms with Crippen molar-refractivity contribution in [2.45, 2.75) is 29.8 Å². The molecule has 1 aromatic carbocycles. The number of ether oxygens (including phenoxy) is 2. The zero-order chi connectivity index (χ0) is 19.8. The van der Waals surface area contributed by atoms with Crippen LogP contribution < -0.4 is 9.47 Å². The van der Waals surface area contributed by atoms with Crippen molar-refractivity contribution in [2.24, 2.45) is 11.8 Å². The number of hydrogen-bond donors (Lipinski definition) is 1. The molecule has 0 radical (unpaired) electrons. The van der Waals surface area contributed by atoms with E-state index in [4.69, 9.17) is 9.47 Å². The Hall–Kier alpha value is -2.66. The summed E-state index contributed by atoms with van der Waals surface area (Å²) in [6.07, 6.45) is 3.06. The van der Waals surface area contributed by atoms with Gasteiger partial charge in [-0.3, -0.25) is 4.79 Å². The Morgan fingerprint density at radius 1 is 1.10 bits per heavy atom. The zero-order valence-corrected chi connectivity index (χ0v) is 16.2. The molecular weight excluding hydrogens is 398 g/mol. The Labute approximate surface area is 166 Å². The van der Waals surface area contributed by atoms with Gasteiger partial charge in [-0.15, -0.1) is 0 Å². The van der Waals surface area contributed by atoms with Crippen LogP contribution in [0.1, 0.15) is 23.3 Å². The van der Waals surface area contributed by atoms with Crippen LogP contribution in [-0.2, 0) is 10.0 Å². The molecule has 3 saturated heterocycles. The van der Waals surface area contributed by atoms with Crippen LogP contribution in [0, 0.1) is 11.8 Å². The van der Waals surface area contributed by atoms with Crippen LogP contribution in [0.3, 0.4) is 0 Å². The molecule has 152 valence electrons. The van der Waals surface area contributed by atoms with E-state index in [1.165, 1.54) is 6.20 Å². The van der Waals surface area contributed by atoms with Gasteiger partial charge in [0.2, 0.25) is 16.8 Å². The maximum Gasteiger partial charge on any atom is 0.276 e. The summed E-state index contributed by atoms with van der Waals surface area (Å²) in [6, 6.07) is 4.60. The van der Waals surface area contributed by atoms with Gasteiger partial charge in [0.25, 0.3) is 5.91 Å². The van der Waals surface area contributed by atoms with Crippen LogP contribution in [0.15, 0.2) is 29.3 Å². The molecule has 0 saturated carbocycles. The normalized spacial score (nSPS) is 30.1. The largest absolute Gasteiger partial charge is 0.454 e. The van der Waals surface area contributed by atoms with Crippen molar-refractivity contribution < 1.29 is 22.7 Å². The highest BCUT2D eigenvalue weighted by molar-refractivity contribution is 7.89. The Balaban J connectivity index is 1.27. The summed E-state index contributed by atoms with van der Waals surface area (Å²) in [7, 11) is -3.65. The molecule has 1 aromatic heterocycles. The molecule has 10 nitrogen and oxygen atoms in total. The van der Waals surface area contributed by atoms with E-state index in [-0.39, 0.29) is 41.5 Å². The number of likely N-dealkylation sites (tertiary alicyclic amines) is 1. The van der Waals surface area contributed by atoms with Gasteiger partial charge in [0.05, 0.1) is 11.1 Å². The van der Waals surface area contributed by atoms with Gasteiger partial charge in [0.1, 0.15) is 0 Å². The van der Waals surface area contributed by atoms with Gasteiger partial charge < -0.3 is 14.4 Å². The predicted molar refractivity (Wildman–Crippen MR) is 97.7 cm³/mol.